The van der Waals surface area contributed by atoms with Crippen molar-refractivity contribution in [2.75, 3.05) is 0 Å². The van der Waals surface area contributed by atoms with E-state index in [1.807, 2.05) is 26.0 Å². The second kappa shape index (κ2) is 3.51. The molecule has 0 amide bonds. The van der Waals surface area contributed by atoms with Gasteiger partial charge in [0.1, 0.15) is 5.82 Å². The van der Waals surface area contributed by atoms with Crippen LogP contribution in [0.2, 0.25) is 0 Å². The second-order valence-electron chi connectivity index (χ2n) is 2.98. The lowest BCUT2D eigenvalue weighted by Crippen LogP contribution is -1.94. The molecule has 0 aliphatic rings. The van der Waals surface area contributed by atoms with Crippen molar-refractivity contribution in [2.24, 2.45) is 0 Å². The van der Waals surface area contributed by atoms with Gasteiger partial charge in [0, 0.05) is 0 Å². The number of rotatable bonds is 2. The van der Waals surface area contributed by atoms with E-state index in [0.717, 1.165) is 12.0 Å². The standard InChI is InChI=1S/C10H12F/c1-8(2)7-9-5-3-4-6-10(9)11/h3-6H,7H2,1-2H3. The minimum Gasteiger partial charge on any atom is -0.207 e. The maximum atomic E-state index is 12.9. The van der Waals surface area contributed by atoms with Gasteiger partial charge >= 0.3 is 0 Å². The molecule has 0 bridgehead atoms. The van der Waals surface area contributed by atoms with Crippen molar-refractivity contribution in [2.45, 2.75) is 20.3 Å². The lowest BCUT2D eigenvalue weighted by molar-refractivity contribution is 0.610. The van der Waals surface area contributed by atoms with Gasteiger partial charge in [-0.2, -0.15) is 0 Å². The Hall–Kier alpha value is -0.850. The van der Waals surface area contributed by atoms with Crippen LogP contribution in [0.25, 0.3) is 0 Å². The highest BCUT2D eigenvalue weighted by atomic mass is 19.1. The maximum Gasteiger partial charge on any atom is 0.126 e. The SMILES string of the molecule is C[C](C)Cc1ccccc1F. The van der Waals surface area contributed by atoms with Crippen LogP contribution in [0.4, 0.5) is 4.39 Å². The van der Waals surface area contributed by atoms with E-state index < -0.39 is 0 Å². The van der Waals surface area contributed by atoms with E-state index in [2.05, 4.69) is 0 Å². The zero-order valence-corrected chi connectivity index (χ0v) is 6.89. The Kier molecular flexibility index (Phi) is 2.64. The molecule has 0 aliphatic carbocycles. The minimum atomic E-state index is -0.103. The summed E-state index contributed by atoms with van der Waals surface area (Å²) < 4.78 is 12.9. The van der Waals surface area contributed by atoms with E-state index >= 15 is 0 Å². The van der Waals surface area contributed by atoms with Crippen LogP contribution in [0.1, 0.15) is 19.4 Å². The van der Waals surface area contributed by atoms with Gasteiger partial charge in [0.05, 0.1) is 0 Å². The van der Waals surface area contributed by atoms with Crippen molar-refractivity contribution in [3.8, 4) is 0 Å². The highest BCUT2D eigenvalue weighted by Gasteiger charge is 2.02. The van der Waals surface area contributed by atoms with E-state index in [1.165, 1.54) is 12.0 Å². The van der Waals surface area contributed by atoms with Crippen molar-refractivity contribution in [1.29, 1.82) is 0 Å². The molecule has 59 valence electrons. The summed E-state index contributed by atoms with van der Waals surface area (Å²) in [6.07, 6.45) is 0.743. The van der Waals surface area contributed by atoms with Gasteiger partial charge in [-0.3, -0.25) is 0 Å². The molecule has 0 saturated heterocycles. The Bertz CT molecular complexity index is 228. The summed E-state index contributed by atoms with van der Waals surface area (Å²) in [6, 6.07) is 6.89. The average molecular weight is 151 g/mol. The first-order valence-corrected chi connectivity index (χ1v) is 3.72. The maximum absolute atomic E-state index is 12.9. The first-order valence-electron chi connectivity index (χ1n) is 3.72. The molecule has 1 heteroatoms. The van der Waals surface area contributed by atoms with Crippen molar-refractivity contribution in [3.05, 3.63) is 41.6 Å². The molecular formula is C10H12F. The molecule has 0 spiro atoms. The van der Waals surface area contributed by atoms with Crippen molar-refractivity contribution in [1.82, 2.24) is 0 Å². The first kappa shape index (κ1) is 8.25. The zero-order chi connectivity index (χ0) is 8.27. The monoisotopic (exact) mass is 151 g/mol. The molecule has 0 N–H and O–H groups in total. The van der Waals surface area contributed by atoms with Gasteiger partial charge in [-0.05, 0) is 24.0 Å². The minimum absolute atomic E-state index is 0.103. The molecule has 11 heavy (non-hydrogen) atoms. The Morgan fingerprint density at radius 1 is 1.27 bits per heavy atom. The highest BCUT2D eigenvalue weighted by molar-refractivity contribution is 5.20. The zero-order valence-electron chi connectivity index (χ0n) is 6.89. The number of hydrogen-bond donors (Lipinski definition) is 0. The number of halogens is 1. The molecule has 0 atom stereocenters. The predicted octanol–water partition coefficient (Wildman–Crippen LogP) is 2.98. The lowest BCUT2D eigenvalue weighted by Gasteiger charge is -2.04. The van der Waals surface area contributed by atoms with E-state index in [4.69, 9.17) is 0 Å². The molecule has 0 aliphatic heterocycles. The largest absolute Gasteiger partial charge is 0.207 e. The topological polar surface area (TPSA) is 0 Å². The summed E-state index contributed by atoms with van der Waals surface area (Å²) in [5, 5.41) is 0. The van der Waals surface area contributed by atoms with Crippen molar-refractivity contribution < 1.29 is 4.39 Å². The normalized spacial score (nSPS) is 10.5. The average Bonchev–Trinajstić information content (AvgIpc) is 1.93. The molecule has 0 unspecified atom stereocenters. The Balaban J connectivity index is 2.78. The van der Waals surface area contributed by atoms with Crippen LogP contribution in [0.3, 0.4) is 0 Å². The van der Waals surface area contributed by atoms with Gasteiger partial charge in [-0.1, -0.05) is 32.0 Å². The molecule has 0 heterocycles. The van der Waals surface area contributed by atoms with E-state index in [1.54, 1.807) is 6.07 Å². The van der Waals surface area contributed by atoms with Gasteiger partial charge in [0.2, 0.25) is 0 Å². The summed E-state index contributed by atoms with van der Waals surface area (Å²) in [4.78, 5) is 0. The van der Waals surface area contributed by atoms with Gasteiger partial charge in [0.15, 0.2) is 0 Å². The first-order chi connectivity index (χ1) is 5.20. The summed E-state index contributed by atoms with van der Waals surface area (Å²) >= 11 is 0. The van der Waals surface area contributed by atoms with Crippen LogP contribution in [0.15, 0.2) is 24.3 Å². The molecule has 0 nitrogen and oxygen atoms in total. The van der Waals surface area contributed by atoms with E-state index in [-0.39, 0.29) is 5.82 Å². The van der Waals surface area contributed by atoms with E-state index in [0.29, 0.717) is 0 Å². The van der Waals surface area contributed by atoms with E-state index in [9.17, 15) is 4.39 Å². The Labute approximate surface area is 67.1 Å². The van der Waals surface area contributed by atoms with Crippen LogP contribution in [0.5, 0.6) is 0 Å². The van der Waals surface area contributed by atoms with Gasteiger partial charge in [-0.25, -0.2) is 4.39 Å². The lowest BCUT2D eigenvalue weighted by atomic mass is 10.0. The predicted molar refractivity (Wildman–Crippen MR) is 44.7 cm³/mol. The third-order valence-electron chi connectivity index (χ3n) is 1.50. The summed E-state index contributed by atoms with van der Waals surface area (Å²) in [6.45, 7) is 4.01. The molecule has 1 aromatic carbocycles. The molecule has 1 rings (SSSR count). The van der Waals surface area contributed by atoms with Crippen LogP contribution in [-0.2, 0) is 6.42 Å². The Morgan fingerprint density at radius 3 is 2.45 bits per heavy atom. The van der Waals surface area contributed by atoms with Gasteiger partial charge < -0.3 is 0 Å². The van der Waals surface area contributed by atoms with Crippen LogP contribution >= 0.6 is 0 Å². The third-order valence-corrected chi connectivity index (χ3v) is 1.50. The number of benzene rings is 1. The fourth-order valence-electron chi connectivity index (χ4n) is 1.02. The van der Waals surface area contributed by atoms with Crippen molar-refractivity contribution in [3.63, 3.8) is 0 Å². The molecule has 0 aromatic heterocycles. The van der Waals surface area contributed by atoms with Gasteiger partial charge in [0.25, 0.3) is 0 Å². The molecule has 0 fully saturated rings. The Morgan fingerprint density at radius 2 is 1.91 bits per heavy atom. The third kappa shape index (κ3) is 2.34. The summed E-state index contributed by atoms with van der Waals surface area (Å²) in [5.41, 5.74) is 0.785. The smallest absolute Gasteiger partial charge is 0.126 e. The molecular weight excluding hydrogens is 139 g/mol. The summed E-state index contributed by atoms with van der Waals surface area (Å²) in [7, 11) is 0. The molecule has 0 saturated carbocycles. The number of hydrogen-bond acceptors (Lipinski definition) is 0. The quantitative estimate of drug-likeness (QED) is 0.609. The van der Waals surface area contributed by atoms with Gasteiger partial charge in [-0.15, -0.1) is 0 Å². The van der Waals surface area contributed by atoms with Crippen LogP contribution in [-0.4, -0.2) is 0 Å². The highest BCUT2D eigenvalue weighted by Crippen LogP contribution is 2.12. The van der Waals surface area contributed by atoms with Crippen LogP contribution in [0, 0.1) is 11.7 Å². The second-order valence-corrected chi connectivity index (χ2v) is 2.98. The molecule has 1 radical (unpaired) electrons. The fourth-order valence-corrected chi connectivity index (χ4v) is 1.02. The fraction of sp³-hybridized carbons (Fsp3) is 0.300. The van der Waals surface area contributed by atoms with Crippen molar-refractivity contribution >= 4 is 0 Å². The molecule has 1 aromatic rings. The summed E-state index contributed by atoms with van der Waals surface area (Å²) in [5.74, 6) is 1.13. The van der Waals surface area contributed by atoms with Crippen LogP contribution < -0.4 is 0 Å².